The van der Waals surface area contributed by atoms with Gasteiger partial charge in [0.2, 0.25) is 0 Å². The van der Waals surface area contributed by atoms with Gasteiger partial charge in [-0.1, -0.05) is 12.1 Å². The van der Waals surface area contributed by atoms with E-state index in [2.05, 4.69) is 38.9 Å². The molecule has 8 nitrogen and oxygen atoms in total. The van der Waals surface area contributed by atoms with Crippen molar-refractivity contribution in [3.05, 3.63) is 60.3 Å². The molecule has 8 heteroatoms. The molecule has 0 aliphatic carbocycles. The number of nitrogens with zero attached hydrogens (tertiary/aromatic N) is 5. The van der Waals surface area contributed by atoms with E-state index in [1.807, 2.05) is 35.2 Å². The van der Waals surface area contributed by atoms with E-state index in [4.69, 9.17) is 4.74 Å². The maximum Gasteiger partial charge on any atom is 0.257 e. The number of benzene rings is 1. The topological polar surface area (TPSA) is 85.2 Å². The number of rotatable bonds is 6. The Labute approximate surface area is 182 Å². The largest absolute Gasteiger partial charge is 0.495 e. The van der Waals surface area contributed by atoms with E-state index in [1.54, 1.807) is 25.7 Å². The molecule has 1 aliphatic heterocycles. The number of likely N-dealkylation sites (tertiary alicyclic amines) is 1. The second kappa shape index (κ2) is 9.16. The Kier molecular flexibility index (Phi) is 6.16. The Bertz CT molecular complexity index is 1040. The summed E-state index contributed by atoms with van der Waals surface area (Å²) < 4.78 is 7.53. The first-order valence-electron chi connectivity index (χ1n) is 10.6. The number of hydrogen-bond acceptors (Lipinski definition) is 6. The molecular formula is C23H28N6O2. The third-order valence-corrected chi connectivity index (χ3v) is 5.70. The van der Waals surface area contributed by atoms with Gasteiger partial charge < -0.3 is 19.5 Å². The van der Waals surface area contributed by atoms with Crippen molar-refractivity contribution < 1.29 is 9.53 Å². The van der Waals surface area contributed by atoms with Gasteiger partial charge in [0.25, 0.3) is 5.91 Å². The third-order valence-electron chi connectivity index (χ3n) is 5.70. The minimum Gasteiger partial charge on any atom is -0.495 e. The monoisotopic (exact) mass is 420 g/mol. The summed E-state index contributed by atoms with van der Waals surface area (Å²) in [6.07, 6.45) is 5.21. The molecule has 162 valence electrons. The van der Waals surface area contributed by atoms with Crippen LogP contribution >= 0.6 is 0 Å². The van der Waals surface area contributed by atoms with Gasteiger partial charge in [0.05, 0.1) is 18.4 Å². The highest BCUT2D eigenvalue weighted by Gasteiger charge is 2.29. The summed E-state index contributed by atoms with van der Waals surface area (Å²) in [6.45, 7) is 5.61. The predicted molar refractivity (Wildman–Crippen MR) is 119 cm³/mol. The Balaban J connectivity index is 1.48. The Morgan fingerprint density at radius 3 is 2.68 bits per heavy atom. The first kappa shape index (κ1) is 20.8. The number of ether oxygens (including phenoxy) is 1. The SMILES string of the molecule is COc1ccccc1Nc1ncccc1C(=O)N1CCC(c2nncn2C(C)C)CC1. The summed E-state index contributed by atoms with van der Waals surface area (Å²) in [5.41, 5.74) is 1.32. The fourth-order valence-corrected chi connectivity index (χ4v) is 4.01. The van der Waals surface area contributed by atoms with E-state index in [9.17, 15) is 4.79 Å². The first-order chi connectivity index (χ1) is 15.1. The van der Waals surface area contributed by atoms with Crippen molar-refractivity contribution in [2.24, 2.45) is 0 Å². The molecule has 1 amide bonds. The van der Waals surface area contributed by atoms with Crippen molar-refractivity contribution in [3.8, 4) is 5.75 Å². The van der Waals surface area contributed by atoms with Crippen LogP contribution in [-0.4, -0.2) is 50.8 Å². The molecule has 0 spiro atoms. The van der Waals surface area contributed by atoms with Crippen molar-refractivity contribution in [3.63, 3.8) is 0 Å². The number of aromatic nitrogens is 4. The van der Waals surface area contributed by atoms with Crippen molar-refractivity contribution in [2.45, 2.75) is 38.6 Å². The molecule has 1 aromatic carbocycles. The summed E-state index contributed by atoms with van der Waals surface area (Å²) in [6, 6.07) is 11.5. The van der Waals surface area contributed by atoms with E-state index < -0.39 is 0 Å². The molecule has 2 aromatic heterocycles. The molecule has 0 bridgehead atoms. The van der Waals surface area contributed by atoms with Gasteiger partial charge in [-0.25, -0.2) is 4.98 Å². The molecule has 0 saturated carbocycles. The minimum absolute atomic E-state index is 0.0192. The average Bonchev–Trinajstić information content (AvgIpc) is 3.30. The number of anilines is 2. The van der Waals surface area contributed by atoms with Crippen LogP contribution in [0, 0.1) is 0 Å². The van der Waals surface area contributed by atoms with Crippen molar-refractivity contribution in [1.82, 2.24) is 24.6 Å². The minimum atomic E-state index is -0.0192. The summed E-state index contributed by atoms with van der Waals surface area (Å²) in [7, 11) is 1.62. The summed E-state index contributed by atoms with van der Waals surface area (Å²) in [5.74, 6) is 2.53. The molecule has 0 unspecified atom stereocenters. The van der Waals surface area contributed by atoms with Crippen LogP contribution in [0.2, 0.25) is 0 Å². The molecule has 3 aromatic rings. The Hall–Kier alpha value is -3.42. The van der Waals surface area contributed by atoms with Crippen molar-refractivity contribution >= 4 is 17.4 Å². The predicted octanol–water partition coefficient (Wildman–Crippen LogP) is 4.03. The first-order valence-corrected chi connectivity index (χ1v) is 10.6. The van der Waals surface area contributed by atoms with Crippen LogP contribution < -0.4 is 10.1 Å². The van der Waals surface area contributed by atoms with Gasteiger partial charge in [0, 0.05) is 31.2 Å². The smallest absolute Gasteiger partial charge is 0.257 e. The lowest BCUT2D eigenvalue weighted by atomic mass is 9.95. The molecule has 1 fully saturated rings. The molecule has 3 heterocycles. The number of pyridine rings is 1. The lowest BCUT2D eigenvalue weighted by Gasteiger charge is -2.32. The highest BCUT2D eigenvalue weighted by atomic mass is 16.5. The van der Waals surface area contributed by atoms with Crippen molar-refractivity contribution in [1.29, 1.82) is 0 Å². The van der Waals surface area contributed by atoms with Gasteiger partial charge in [-0.2, -0.15) is 0 Å². The highest BCUT2D eigenvalue weighted by Crippen LogP contribution is 2.31. The zero-order valence-corrected chi connectivity index (χ0v) is 18.2. The van der Waals surface area contributed by atoms with Gasteiger partial charge in [0.15, 0.2) is 0 Å². The van der Waals surface area contributed by atoms with E-state index in [1.165, 1.54) is 0 Å². The lowest BCUT2D eigenvalue weighted by Crippen LogP contribution is -2.38. The van der Waals surface area contributed by atoms with Crippen LogP contribution in [0.25, 0.3) is 0 Å². The molecule has 1 saturated heterocycles. The number of carbonyl (C=O) groups is 1. The number of hydrogen-bond donors (Lipinski definition) is 1. The number of nitrogens with one attached hydrogen (secondary N) is 1. The molecular weight excluding hydrogens is 392 g/mol. The Morgan fingerprint density at radius 2 is 1.94 bits per heavy atom. The standard InChI is InChI=1S/C23H28N6O2/c1-16(2)29-15-25-27-22(29)17-10-13-28(14-11-17)23(30)18-7-6-12-24-21(18)26-19-8-4-5-9-20(19)31-3/h4-9,12,15-17H,10-11,13-14H2,1-3H3,(H,24,26). The number of para-hydroxylation sites is 2. The van der Waals surface area contributed by atoms with E-state index in [-0.39, 0.29) is 5.91 Å². The fourth-order valence-electron chi connectivity index (χ4n) is 4.01. The number of piperidine rings is 1. The van der Waals surface area contributed by atoms with Crippen LogP contribution in [0.3, 0.4) is 0 Å². The van der Waals surface area contributed by atoms with Gasteiger partial charge in [0.1, 0.15) is 23.7 Å². The molecule has 1 aliphatic rings. The van der Waals surface area contributed by atoms with Crippen LogP contribution in [0.4, 0.5) is 11.5 Å². The molecule has 4 rings (SSSR count). The fraction of sp³-hybridized carbons (Fsp3) is 0.391. The van der Waals surface area contributed by atoms with E-state index in [0.717, 1.165) is 24.4 Å². The van der Waals surface area contributed by atoms with Crippen LogP contribution in [0.5, 0.6) is 5.75 Å². The summed E-state index contributed by atoms with van der Waals surface area (Å²) in [5, 5.41) is 11.7. The quantitative estimate of drug-likeness (QED) is 0.648. The summed E-state index contributed by atoms with van der Waals surface area (Å²) >= 11 is 0. The number of methoxy groups -OCH3 is 1. The maximum absolute atomic E-state index is 13.3. The number of amides is 1. The maximum atomic E-state index is 13.3. The third kappa shape index (κ3) is 4.38. The molecule has 1 N–H and O–H groups in total. The van der Waals surface area contributed by atoms with Gasteiger partial charge in [-0.05, 0) is 51.0 Å². The lowest BCUT2D eigenvalue weighted by molar-refractivity contribution is 0.0710. The Morgan fingerprint density at radius 1 is 1.16 bits per heavy atom. The normalized spacial score (nSPS) is 14.6. The van der Waals surface area contributed by atoms with Gasteiger partial charge >= 0.3 is 0 Å². The zero-order valence-electron chi connectivity index (χ0n) is 18.2. The zero-order chi connectivity index (χ0) is 21.8. The highest BCUT2D eigenvalue weighted by molar-refractivity contribution is 5.99. The summed E-state index contributed by atoms with van der Waals surface area (Å²) in [4.78, 5) is 19.6. The van der Waals surface area contributed by atoms with Crippen LogP contribution in [-0.2, 0) is 0 Å². The van der Waals surface area contributed by atoms with Crippen molar-refractivity contribution in [2.75, 3.05) is 25.5 Å². The van der Waals surface area contributed by atoms with E-state index in [0.29, 0.717) is 42.2 Å². The van der Waals surface area contributed by atoms with Gasteiger partial charge in [-0.3, -0.25) is 4.79 Å². The molecule has 0 radical (unpaired) electrons. The molecule has 0 atom stereocenters. The van der Waals surface area contributed by atoms with Crippen LogP contribution in [0.1, 0.15) is 54.8 Å². The average molecular weight is 421 g/mol. The molecule has 31 heavy (non-hydrogen) atoms. The van der Waals surface area contributed by atoms with Gasteiger partial charge in [-0.15, -0.1) is 10.2 Å². The second-order valence-corrected chi connectivity index (χ2v) is 7.98. The number of carbonyl (C=O) groups excluding carboxylic acids is 1. The second-order valence-electron chi connectivity index (χ2n) is 7.98. The van der Waals surface area contributed by atoms with E-state index >= 15 is 0 Å². The van der Waals surface area contributed by atoms with Crippen LogP contribution in [0.15, 0.2) is 48.9 Å².